The number of likely N-dealkylation sites (tertiary alicyclic amines) is 1. The summed E-state index contributed by atoms with van der Waals surface area (Å²) in [5, 5.41) is 11.3. The van der Waals surface area contributed by atoms with E-state index in [1.807, 2.05) is 40.1 Å². The molecular weight excluding hydrogens is 360 g/mol. The molecule has 2 amide bonds. The lowest BCUT2D eigenvalue weighted by Gasteiger charge is -2.32. The number of hydrogen-bond donors (Lipinski definition) is 0. The van der Waals surface area contributed by atoms with Crippen LogP contribution in [0.15, 0.2) is 30.3 Å². The summed E-state index contributed by atoms with van der Waals surface area (Å²) in [6.07, 6.45) is 1.14. The standard InChI is InChI=1S/C19H22N6O3/c1-13-20-21-22-25(13)9-7-17(26)23-10-8-19-16(23)11-18(27)24(19)12-15(28-19)14-5-3-2-4-6-14/h2-6,15-16H,7-12H2,1H3/t15-,16-,19+/m1/s1. The van der Waals surface area contributed by atoms with Crippen LogP contribution < -0.4 is 0 Å². The molecule has 3 fully saturated rings. The van der Waals surface area contributed by atoms with Gasteiger partial charge in [0.25, 0.3) is 0 Å². The minimum Gasteiger partial charge on any atom is -0.343 e. The lowest BCUT2D eigenvalue weighted by atomic mass is 10.1. The van der Waals surface area contributed by atoms with Crippen LogP contribution in [0, 0.1) is 6.92 Å². The van der Waals surface area contributed by atoms with Crippen molar-refractivity contribution in [1.29, 1.82) is 0 Å². The van der Waals surface area contributed by atoms with E-state index in [1.165, 1.54) is 0 Å². The molecule has 1 spiro atoms. The van der Waals surface area contributed by atoms with Gasteiger partial charge in [-0.1, -0.05) is 30.3 Å². The Balaban J connectivity index is 1.33. The van der Waals surface area contributed by atoms with Crippen molar-refractivity contribution in [3.63, 3.8) is 0 Å². The van der Waals surface area contributed by atoms with Gasteiger partial charge in [-0.3, -0.25) is 9.59 Å². The summed E-state index contributed by atoms with van der Waals surface area (Å²) >= 11 is 0. The van der Waals surface area contributed by atoms with Crippen LogP contribution in [0.25, 0.3) is 0 Å². The highest BCUT2D eigenvalue weighted by Gasteiger charge is 2.64. The van der Waals surface area contributed by atoms with Crippen molar-refractivity contribution < 1.29 is 14.3 Å². The van der Waals surface area contributed by atoms with Crippen molar-refractivity contribution in [2.24, 2.45) is 0 Å². The molecule has 3 aliphatic rings. The number of aryl methyl sites for hydroxylation is 2. The van der Waals surface area contributed by atoms with Crippen molar-refractivity contribution >= 4 is 11.8 Å². The third-order valence-electron chi connectivity index (χ3n) is 6.17. The number of benzene rings is 1. The minimum absolute atomic E-state index is 0.0122. The molecule has 5 rings (SSSR count). The maximum atomic E-state index is 12.9. The molecular formula is C19H22N6O3. The molecule has 0 aliphatic carbocycles. The van der Waals surface area contributed by atoms with Gasteiger partial charge in [-0.2, -0.15) is 0 Å². The summed E-state index contributed by atoms with van der Waals surface area (Å²) in [5.41, 5.74) is 0.384. The Morgan fingerprint density at radius 1 is 1.32 bits per heavy atom. The second-order valence-electron chi connectivity index (χ2n) is 7.62. The predicted molar refractivity (Wildman–Crippen MR) is 96.6 cm³/mol. The van der Waals surface area contributed by atoms with Crippen LogP contribution >= 0.6 is 0 Å². The first-order chi connectivity index (χ1) is 13.6. The number of carbonyl (C=O) groups excluding carboxylic acids is 2. The van der Waals surface area contributed by atoms with Gasteiger partial charge in [0.05, 0.1) is 25.6 Å². The van der Waals surface area contributed by atoms with Crippen LogP contribution in [0.1, 0.15) is 36.8 Å². The van der Waals surface area contributed by atoms with E-state index in [9.17, 15) is 9.59 Å². The van der Waals surface area contributed by atoms with E-state index in [1.54, 1.807) is 11.6 Å². The summed E-state index contributed by atoms with van der Waals surface area (Å²) in [4.78, 5) is 29.3. The summed E-state index contributed by atoms with van der Waals surface area (Å²) in [6.45, 7) is 3.38. The number of ether oxygens (including phenoxy) is 1. The monoisotopic (exact) mass is 382 g/mol. The Bertz CT molecular complexity index is 915. The molecule has 1 aromatic carbocycles. The van der Waals surface area contributed by atoms with E-state index in [2.05, 4.69) is 15.5 Å². The maximum Gasteiger partial charge on any atom is 0.227 e. The molecule has 9 heteroatoms. The van der Waals surface area contributed by atoms with Gasteiger partial charge in [0, 0.05) is 19.4 Å². The third-order valence-corrected chi connectivity index (χ3v) is 6.17. The van der Waals surface area contributed by atoms with Crippen molar-refractivity contribution in [3.8, 4) is 0 Å². The fraction of sp³-hybridized carbons (Fsp3) is 0.526. The Kier molecular flexibility index (Phi) is 3.94. The number of hydrogen-bond acceptors (Lipinski definition) is 6. The molecule has 3 saturated heterocycles. The molecule has 0 N–H and O–H groups in total. The topological polar surface area (TPSA) is 93.4 Å². The number of tetrazole rings is 1. The number of carbonyl (C=O) groups is 2. The highest BCUT2D eigenvalue weighted by atomic mass is 16.5. The Labute approximate surface area is 162 Å². The Morgan fingerprint density at radius 3 is 2.89 bits per heavy atom. The average Bonchev–Trinajstić information content (AvgIpc) is 3.43. The van der Waals surface area contributed by atoms with Crippen LogP contribution in [-0.4, -0.2) is 66.7 Å². The largest absolute Gasteiger partial charge is 0.343 e. The zero-order valence-corrected chi connectivity index (χ0v) is 15.7. The summed E-state index contributed by atoms with van der Waals surface area (Å²) in [6, 6.07) is 9.74. The number of aromatic nitrogens is 4. The zero-order valence-electron chi connectivity index (χ0n) is 15.7. The van der Waals surface area contributed by atoms with Crippen LogP contribution in [0.4, 0.5) is 0 Å². The Morgan fingerprint density at radius 2 is 2.14 bits per heavy atom. The van der Waals surface area contributed by atoms with Gasteiger partial charge in [-0.05, 0) is 22.9 Å². The molecule has 2 aromatic rings. The minimum atomic E-state index is -0.683. The van der Waals surface area contributed by atoms with E-state index in [0.29, 0.717) is 44.7 Å². The SMILES string of the molecule is Cc1nnnn1CCC(=O)N1CC[C@@]23O[C@@H](c4ccccc4)CN2C(=O)C[C@@H]13. The van der Waals surface area contributed by atoms with Crippen molar-refractivity contribution in [1.82, 2.24) is 30.0 Å². The lowest BCUT2D eigenvalue weighted by molar-refractivity contribution is -0.143. The quantitative estimate of drug-likeness (QED) is 0.772. The molecule has 9 nitrogen and oxygen atoms in total. The highest BCUT2D eigenvalue weighted by Crippen LogP contribution is 2.50. The first kappa shape index (κ1) is 17.3. The smallest absolute Gasteiger partial charge is 0.227 e. The van der Waals surface area contributed by atoms with Crippen LogP contribution in [0.5, 0.6) is 0 Å². The van der Waals surface area contributed by atoms with Gasteiger partial charge in [-0.25, -0.2) is 4.68 Å². The van der Waals surface area contributed by atoms with Crippen molar-refractivity contribution in [2.75, 3.05) is 13.1 Å². The molecule has 146 valence electrons. The molecule has 4 heterocycles. The number of amides is 2. The molecule has 0 saturated carbocycles. The van der Waals surface area contributed by atoms with Crippen molar-refractivity contribution in [2.45, 2.75) is 50.6 Å². The maximum absolute atomic E-state index is 12.9. The normalized spacial score (nSPS) is 28.7. The third kappa shape index (κ3) is 2.53. The van der Waals surface area contributed by atoms with Gasteiger partial charge in [0.15, 0.2) is 5.72 Å². The first-order valence-electron chi connectivity index (χ1n) is 9.64. The van der Waals surface area contributed by atoms with Gasteiger partial charge in [0.2, 0.25) is 11.8 Å². The van der Waals surface area contributed by atoms with Gasteiger partial charge in [-0.15, -0.1) is 5.10 Å². The zero-order chi connectivity index (χ0) is 19.3. The van der Waals surface area contributed by atoms with Crippen LogP contribution in [-0.2, 0) is 20.9 Å². The van der Waals surface area contributed by atoms with E-state index in [4.69, 9.17) is 4.74 Å². The molecule has 0 bridgehead atoms. The summed E-state index contributed by atoms with van der Waals surface area (Å²) in [5.74, 6) is 0.758. The van der Waals surface area contributed by atoms with Crippen LogP contribution in [0.2, 0.25) is 0 Å². The van der Waals surface area contributed by atoms with Gasteiger partial charge in [0.1, 0.15) is 11.9 Å². The van der Waals surface area contributed by atoms with E-state index < -0.39 is 5.72 Å². The summed E-state index contributed by atoms with van der Waals surface area (Å²) in [7, 11) is 0. The highest BCUT2D eigenvalue weighted by molar-refractivity contribution is 5.84. The van der Waals surface area contributed by atoms with Crippen LogP contribution in [0.3, 0.4) is 0 Å². The second kappa shape index (κ2) is 6.37. The molecule has 3 aliphatic heterocycles. The van der Waals surface area contributed by atoms with Gasteiger partial charge >= 0.3 is 0 Å². The number of nitrogens with zero attached hydrogens (tertiary/aromatic N) is 6. The average molecular weight is 382 g/mol. The molecule has 28 heavy (non-hydrogen) atoms. The molecule has 0 unspecified atom stereocenters. The van der Waals surface area contributed by atoms with E-state index in [-0.39, 0.29) is 24.0 Å². The van der Waals surface area contributed by atoms with Crippen molar-refractivity contribution in [3.05, 3.63) is 41.7 Å². The second-order valence-corrected chi connectivity index (χ2v) is 7.62. The molecule has 0 radical (unpaired) electrons. The fourth-order valence-electron chi connectivity index (χ4n) is 4.77. The summed E-state index contributed by atoms with van der Waals surface area (Å²) < 4.78 is 8.10. The predicted octanol–water partition coefficient (Wildman–Crippen LogP) is 0.673. The van der Waals surface area contributed by atoms with E-state index >= 15 is 0 Å². The fourth-order valence-corrected chi connectivity index (χ4v) is 4.77. The Hall–Kier alpha value is -2.81. The van der Waals surface area contributed by atoms with E-state index in [0.717, 1.165) is 5.56 Å². The molecule has 1 aromatic heterocycles. The number of rotatable bonds is 4. The lowest BCUT2D eigenvalue weighted by Crippen LogP contribution is -2.48. The first-order valence-corrected chi connectivity index (χ1v) is 9.64. The molecule has 3 atom stereocenters. The van der Waals surface area contributed by atoms with Gasteiger partial charge < -0.3 is 14.5 Å².